The molecule has 0 radical (unpaired) electrons. The molecule has 1 amide bonds. The van der Waals surface area contributed by atoms with Crippen molar-refractivity contribution < 1.29 is 19.0 Å². The normalized spacial score (nSPS) is 11.1. The Balaban J connectivity index is 1.71. The van der Waals surface area contributed by atoms with Crippen molar-refractivity contribution in [1.29, 1.82) is 0 Å². The number of thiazole rings is 1. The Morgan fingerprint density at radius 1 is 1.03 bits per heavy atom. The Labute approximate surface area is 208 Å². The number of hydrogen-bond donors (Lipinski definition) is 0. The molecule has 0 unspecified atom stereocenters. The van der Waals surface area contributed by atoms with Gasteiger partial charge in [0.1, 0.15) is 0 Å². The number of fused-ring (bicyclic) bond motifs is 1. The average molecular weight is 490 g/mol. The van der Waals surface area contributed by atoms with E-state index in [2.05, 4.69) is 24.0 Å². The highest BCUT2D eigenvalue weighted by Crippen LogP contribution is 2.38. The van der Waals surface area contributed by atoms with Crippen molar-refractivity contribution in [2.75, 3.05) is 26.2 Å². The standard InChI is InChI=1S/C27H27N3O4S/c1-17-12-18(2)25-23(13-17)35-27(29-25)30(16-20-8-6-7-11-28-20)24(31)10-9-19-14-21(32-3)26(34-5)22(15-19)33-4/h6-15H,16H2,1-5H3/b10-9+. The number of ether oxygens (including phenoxy) is 3. The third kappa shape index (κ3) is 5.27. The lowest BCUT2D eigenvalue weighted by Crippen LogP contribution is -2.29. The van der Waals surface area contributed by atoms with Gasteiger partial charge in [0.2, 0.25) is 5.75 Å². The van der Waals surface area contributed by atoms with Gasteiger partial charge in [-0.3, -0.25) is 14.7 Å². The van der Waals surface area contributed by atoms with E-state index in [9.17, 15) is 4.79 Å². The summed E-state index contributed by atoms with van der Waals surface area (Å²) < 4.78 is 17.3. The molecule has 0 aliphatic carbocycles. The first-order valence-electron chi connectivity index (χ1n) is 11.0. The van der Waals surface area contributed by atoms with Crippen LogP contribution in [0.1, 0.15) is 22.4 Å². The number of pyridine rings is 1. The fourth-order valence-corrected chi connectivity index (χ4v) is 4.97. The third-order valence-corrected chi connectivity index (χ3v) is 6.49. The molecule has 0 aliphatic heterocycles. The molecule has 0 saturated heterocycles. The van der Waals surface area contributed by atoms with Gasteiger partial charge in [0.05, 0.1) is 43.8 Å². The molecule has 180 valence electrons. The van der Waals surface area contributed by atoms with E-state index < -0.39 is 0 Å². The Kier molecular flexibility index (Phi) is 7.31. The number of rotatable bonds is 8. The van der Waals surface area contributed by atoms with Gasteiger partial charge < -0.3 is 14.2 Å². The molecule has 0 fully saturated rings. The SMILES string of the molecule is COc1cc(/C=C/C(=O)N(Cc2ccccn2)c2nc3c(C)cc(C)cc3s2)cc(OC)c1OC. The highest BCUT2D eigenvalue weighted by Gasteiger charge is 2.20. The van der Waals surface area contributed by atoms with Crippen LogP contribution in [0.4, 0.5) is 5.13 Å². The van der Waals surface area contributed by atoms with E-state index in [1.54, 1.807) is 50.6 Å². The van der Waals surface area contributed by atoms with Crippen molar-refractivity contribution in [2.24, 2.45) is 0 Å². The minimum absolute atomic E-state index is 0.210. The quantitative estimate of drug-likeness (QED) is 0.301. The summed E-state index contributed by atoms with van der Waals surface area (Å²) in [7, 11) is 4.67. The summed E-state index contributed by atoms with van der Waals surface area (Å²) in [6, 6.07) is 13.4. The van der Waals surface area contributed by atoms with Gasteiger partial charge in [-0.05, 0) is 66.9 Å². The zero-order valence-corrected chi connectivity index (χ0v) is 21.2. The van der Waals surface area contributed by atoms with E-state index in [1.165, 1.54) is 17.4 Å². The van der Waals surface area contributed by atoms with Crippen LogP contribution >= 0.6 is 11.3 Å². The molecular formula is C27H27N3O4S. The van der Waals surface area contributed by atoms with Gasteiger partial charge >= 0.3 is 0 Å². The highest BCUT2D eigenvalue weighted by atomic mass is 32.1. The second-order valence-electron chi connectivity index (χ2n) is 7.96. The lowest BCUT2D eigenvalue weighted by Gasteiger charge is -2.18. The minimum Gasteiger partial charge on any atom is -0.493 e. The molecule has 0 atom stereocenters. The summed E-state index contributed by atoms with van der Waals surface area (Å²) >= 11 is 1.50. The van der Waals surface area contributed by atoms with Crippen LogP contribution in [0.2, 0.25) is 0 Å². The van der Waals surface area contributed by atoms with Gasteiger partial charge in [0.15, 0.2) is 16.6 Å². The molecule has 4 rings (SSSR count). The maximum Gasteiger partial charge on any atom is 0.253 e. The fourth-order valence-electron chi connectivity index (χ4n) is 3.82. The summed E-state index contributed by atoms with van der Waals surface area (Å²) in [6.45, 7) is 4.40. The lowest BCUT2D eigenvalue weighted by molar-refractivity contribution is -0.114. The number of anilines is 1. The fraction of sp³-hybridized carbons (Fsp3) is 0.222. The Bertz CT molecular complexity index is 1360. The van der Waals surface area contributed by atoms with Crippen LogP contribution in [-0.2, 0) is 11.3 Å². The van der Waals surface area contributed by atoms with Crippen molar-refractivity contribution in [3.8, 4) is 17.2 Å². The molecule has 0 bridgehead atoms. The first kappa shape index (κ1) is 24.2. The molecule has 35 heavy (non-hydrogen) atoms. The van der Waals surface area contributed by atoms with Crippen molar-refractivity contribution in [3.05, 3.63) is 77.1 Å². The summed E-state index contributed by atoms with van der Waals surface area (Å²) in [4.78, 5) is 24.3. The Hall–Kier alpha value is -3.91. The summed E-state index contributed by atoms with van der Waals surface area (Å²) in [5.41, 5.74) is 4.66. The monoisotopic (exact) mass is 489 g/mol. The maximum atomic E-state index is 13.5. The first-order chi connectivity index (χ1) is 16.9. The van der Waals surface area contributed by atoms with Gasteiger partial charge in [-0.1, -0.05) is 23.5 Å². The Morgan fingerprint density at radius 3 is 2.40 bits per heavy atom. The summed E-state index contributed by atoms with van der Waals surface area (Å²) in [6.07, 6.45) is 4.96. The molecule has 0 saturated carbocycles. The van der Waals surface area contributed by atoms with Gasteiger partial charge in [-0.25, -0.2) is 4.98 Å². The number of carbonyl (C=O) groups excluding carboxylic acids is 1. The lowest BCUT2D eigenvalue weighted by atomic mass is 10.1. The zero-order valence-electron chi connectivity index (χ0n) is 20.4. The van der Waals surface area contributed by atoms with Gasteiger partial charge in [0.25, 0.3) is 5.91 Å². The average Bonchev–Trinajstić information content (AvgIpc) is 3.29. The highest BCUT2D eigenvalue weighted by molar-refractivity contribution is 7.22. The number of benzene rings is 2. The van der Waals surface area contributed by atoms with Crippen LogP contribution in [0.3, 0.4) is 0 Å². The second kappa shape index (κ2) is 10.6. The number of hydrogen-bond acceptors (Lipinski definition) is 7. The molecular weight excluding hydrogens is 462 g/mol. The molecule has 4 aromatic rings. The van der Waals surface area contributed by atoms with Crippen LogP contribution in [0.15, 0.2) is 54.7 Å². The van der Waals surface area contributed by atoms with Crippen molar-refractivity contribution in [2.45, 2.75) is 20.4 Å². The number of aryl methyl sites for hydroxylation is 2. The van der Waals surface area contributed by atoms with Crippen molar-refractivity contribution in [1.82, 2.24) is 9.97 Å². The predicted octanol–water partition coefficient (Wildman–Crippen LogP) is 5.58. The van der Waals surface area contributed by atoms with Gasteiger partial charge in [-0.15, -0.1) is 0 Å². The second-order valence-corrected chi connectivity index (χ2v) is 8.97. The van der Waals surface area contributed by atoms with Gasteiger partial charge in [0, 0.05) is 12.3 Å². The van der Waals surface area contributed by atoms with E-state index in [1.807, 2.05) is 25.1 Å². The molecule has 8 heteroatoms. The largest absolute Gasteiger partial charge is 0.493 e. The summed E-state index contributed by atoms with van der Waals surface area (Å²) in [5, 5.41) is 0.624. The van der Waals surface area contributed by atoms with Crippen LogP contribution in [0.25, 0.3) is 16.3 Å². The van der Waals surface area contributed by atoms with Crippen LogP contribution in [0.5, 0.6) is 17.2 Å². The Morgan fingerprint density at radius 2 is 1.77 bits per heavy atom. The smallest absolute Gasteiger partial charge is 0.253 e. The van der Waals surface area contributed by atoms with E-state index >= 15 is 0 Å². The molecule has 0 aliphatic rings. The minimum atomic E-state index is -0.210. The van der Waals surface area contributed by atoms with Crippen LogP contribution in [0, 0.1) is 13.8 Å². The van der Waals surface area contributed by atoms with Crippen LogP contribution < -0.4 is 19.1 Å². The molecule has 2 aromatic carbocycles. The molecule has 2 heterocycles. The molecule has 0 spiro atoms. The zero-order chi connectivity index (χ0) is 24.9. The number of amides is 1. The third-order valence-electron chi connectivity index (χ3n) is 5.47. The summed E-state index contributed by atoms with van der Waals surface area (Å²) in [5.74, 6) is 1.32. The number of methoxy groups -OCH3 is 3. The van der Waals surface area contributed by atoms with E-state index in [4.69, 9.17) is 19.2 Å². The molecule has 2 aromatic heterocycles. The van der Waals surface area contributed by atoms with Crippen LogP contribution in [-0.4, -0.2) is 37.2 Å². The number of carbonyl (C=O) groups is 1. The maximum absolute atomic E-state index is 13.5. The van der Waals surface area contributed by atoms with E-state index in [0.29, 0.717) is 28.9 Å². The van der Waals surface area contributed by atoms with Crippen molar-refractivity contribution >= 4 is 38.7 Å². The van der Waals surface area contributed by atoms with Gasteiger partial charge in [-0.2, -0.15) is 0 Å². The number of aromatic nitrogens is 2. The topological polar surface area (TPSA) is 73.8 Å². The molecule has 0 N–H and O–H groups in total. The van der Waals surface area contributed by atoms with E-state index in [0.717, 1.165) is 32.6 Å². The van der Waals surface area contributed by atoms with E-state index in [-0.39, 0.29) is 5.91 Å². The number of nitrogens with zero attached hydrogens (tertiary/aromatic N) is 3. The predicted molar refractivity (Wildman–Crippen MR) is 140 cm³/mol. The molecule has 7 nitrogen and oxygen atoms in total. The first-order valence-corrected chi connectivity index (χ1v) is 11.8. The van der Waals surface area contributed by atoms with Crippen molar-refractivity contribution in [3.63, 3.8) is 0 Å².